The van der Waals surface area contributed by atoms with Crippen molar-refractivity contribution in [3.05, 3.63) is 60.2 Å². The van der Waals surface area contributed by atoms with Crippen molar-refractivity contribution in [1.82, 2.24) is 10.6 Å². The number of hydrogen-bond donors (Lipinski definition) is 4. The number of carboxylic acids is 1. The van der Waals surface area contributed by atoms with Gasteiger partial charge in [-0.3, -0.25) is 29.5 Å². The number of nitrogens with zero attached hydrogens (tertiary/aromatic N) is 2. The quantitative estimate of drug-likeness (QED) is 0.240. The number of carbonyl (C=O) groups is 5. The molecule has 2 heterocycles. The van der Waals surface area contributed by atoms with Gasteiger partial charge in [0.2, 0.25) is 11.8 Å². The minimum Gasteiger partial charge on any atom is -0.481 e. The summed E-state index contributed by atoms with van der Waals surface area (Å²) >= 11 is 0. The summed E-state index contributed by atoms with van der Waals surface area (Å²) in [5.74, 6) is -2.71. The summed E-state index contributed by atoms with van der Waals surface area (Å²) in [4.78, 5) is 64.8. The number of aliphatic carboxylic acids is 1. The molecule has 1 fully saturated rings. The van der Waals surface area contributed by atoms with Gasteiger partial charge in [0.25, 0.3) is 0 Å². The van der Waals surface area contributed by atoms with Crippen molar-refractivity contribution in [3.8, 4) is 0 Å². The molecule has 13 heteroatoms. The number of hydrogen-bond acceptors (Lipinski definition) is 9. The van der Waals surface area contributed by atoms with E-state index in [-0.39, 0.29) is 24.5 Å². The number of aliphatic hydroxyl groups excluding tert-OH is 1. The fourth-order valence-electron chi connectivity index (χ4n) is 4.50. The third-order valence-corrected chi connectivity index (χ3v) is 6.45. The topological polar surface area (TPSA) is 175 Å². The van der Waals surface area contributed by atoms with E-state index >= 15 is 0 Å². The lowest BCUT2D eigenvalue weighted by molar-refractivity contribution is -0.138. The molecule has 4 atom stereocenters. The number of ether oxygens (including phenoxy) is 2. The highest BCUT2D eigenvalue weighted by Gasteiger charge is 2.39. The zero-order chi connectivity index (χ0) is 28.6. The number of benzene rings is 2. The Balaban J connectivity index is 1.65. The number of para-hydroxylation sites is 2. The third-order valence-electron chi connectivity index (χ3n) is 6.45. The highest BCUT2D eigenvalue weighted by Crippen LogP contribution is 2.34. The van der Waals surface area contributed by atoms with Crippen LogP contribution >= 0.6 is 0 Å². The predicted molar refractivity (Wildman–Crippen MR) is 140 cm³/mol. The zero-order valence-corrected chi connectivity index (χ0v) is 21.5. The molecule has 4 N–H and O–H groups in total. The Hall–Kier alpha value is -4.33. The van der Waals surface area contributed by atoms with E-state index in [4.69, 9.17) is 14.6 Å². The van der Waals surface area contributed by atoms with Crippen LogP contribution in [0.2, 0.25) is 0 Å². The van der Waals surface area contributed by atoms with Crippen LogP contribution in [0.15, 0.2) is 54.6 Å². The highest BCUT2D eigenvalue weighted by atomic mass is 16.6. The molecule has 0 saturated carbocycles. The average Bonchev–Trinajstić information content (AvgIpc) is 3.42. The fraction of sp³-hybridized carbons (Fsp3) is 0.370. The fourth-order valence-corrected chi connectivity index (χ4v) is 4.50. The maximum absolute atomic E-state index is 13.9. The van der Waals surface area contributed by atoms with E-state index in [0.29, 0.717) is 24.9 Å². The summed E-state index contributed by atoms with van der Waals surface area (Å²) in [6.07, 6.45) is -2.28. The first-order valence-corrected chi connectivity index (χ1v) is 12.7. The van der Waals surface area contributed by atoms with Gasteiger partial charge < -0.3 is 29.8 Å². The van der Waals surface area contributed by atoms with Crippen molar-refractivity contribution < 1.29 is 43.7 Å². The average molecular weight is 555 g/mol. The lowest BCUT2D eigenvalue weighted by Crippen LogP contribution is -2.54. The Morgan fingerprint density at radius 1 is 1.10 bits per heavy atom. The maximum atomic E-state index is 13.9. The molecular weight excluding hydrogens is 524 g/mol. The number of amides is 3. The smallest absolute Gasteiger partial charge is 0.414 e. The first-order chi connectivity index (χ1) is 19.3. The van der Waals surface area contributed by atoms with Crippen molar-refractivity contribution in [2.45, 2.75) is 37.3 Å². The third kappa shape index (κ3) is 7.00. The van der Waals surface area contributed by atoms with Crippen LogP contribution in [0.4, 0.5) is 16.2 Å². The van der Waals surface area contributed by atoms with Crippen molar-refractivity contribution in [3.63, 3.8) is 0 Å². The lowest BCUT2D eigenvalue weighted by Gasteiger charge is -2.27. The SMILES string of the molecule is O=C[C@H](CC(=O)O)NC(=O)CN1C(=O)[C@@H](NC(O)c2ccccc2)CN(C(=O)OC2CCOC2)c2ccccc21. The molecule has 212 valence electrons. The summed E-state index contributed by atoms with van der Waals surface area (Å²) in [7, 11) is 0. The van der Waals surface area contributed by atoms with Gasteiger partial charge in [0.15, 0.2) is 0 Å². The second-order valence-electron chi connectivity index (χ2n) is 9.33. The number of fused-ring (bicyclic) bond motifs is 1. The van der Waals surface area contributed by atoms with Gasteiger partial charge in [0.05, 0.1) is 43.6 Å². The molecular formula is C27H30N4O9. The molecule has 0 aromatic heterocycles. The zero-order valence-electron chi connectivity index (χ0n) is 21.5. The second kappa shape index (κ2) is 13.2. The minimum atomic E-state index is -1.30. The molecule has 1 saturated heterocycles. The first kappa shape index (κ1) is 28.7. The molecule has 0 radical (unpaired) electrons. The molecule has 2 aromatic rings. The molecule has 3 amide bonds. The van der Waals surface area contributed by atoms with Crippen molar-refractivity contribution in [1.29, 1.82) is 0 Å². The molecule has 4 rings (SSSR count). The minimum absolute atomic E-state index is 0.210. The Bertz CT molecular complexity index is 1240. The van der Waals surface area contributed by atoms with Crippen LogP contribution in [0.1, 0.15) is 24.6 Å². The molecule has 0 aliphatic carbocycles. The highest BCUT2D eigenvalue weighted by molar-refractivity contribution is 6.08. The second-order valence-corrected chi connectivity index (χ2v) is 9.33. The van der Waals surface area contributed by atoms with E-state index in [1.165, 1.54) is 4.90 Å². The van der Waals surface area contributed by atoms with Gasteiger partial charge in [0, 0.05) is 6.42 Å². The molecule has 13 nitrogen and oxygen atoms in total. The number of nitrogens with one attached hydrogen (secondary N) is 2. The Morgan fingerprint density at radius 3 is 2.45 bits per heavy atom. The molecule has 40 heavy (non-hydrogen) atoms. The summed E-state index contributed by atoms with van der Waals surface area (Å²) in [6.45, 7) is -0.124. The van der Waals surface area contributed by atoms with Crippen molar-refractivity contribution in [2.24, 2.45) is 0 Å². The Labute approximate surface area is 229 Å². The number of rotatable bonds is 10. The van der Waals surface area contributed by atoms with Crippen LogP contribution < -0.4 is 20.4 Å². The van der Waals surface area contributed by atoms with Crippen LogP contribution in [-0.4, -0.2) is 84.9 Å². The van der Waals surface area contributed by atoms with Crippen molar-refractivity contribution >= 4 is 41.5 Å². The maximum Gasteiger partial charge on any atom is 0.414 e. The first-order valence-electron chi connectivity index (χ1n) is 12.7. The summed E-state index contributed by atoms with van der Waals surface area (Å²) < 4.78 is 10.9. The van der Waals surface area contributed by atoms with Gasteiger partial charge in [-0.15, -0.1) is 0 Å². The number of carboxylic acid groups (broad SMARTS) is 1. The van der Waals surface area contributed by atoms with E-state index in [0.717, 1.165) is 4.90 Å². The number of aliphatic hydroxyl groups is 1. The van der Waals surface area contributed by atoms with E-state index in [1.54, 1.807) is 54.6 Å². The van der Waals surface area contributed by atoms with E-state index in [1.807, 2.05) is 0 Å². The standard InChI is InChI=1S/C27H30N4O9/c32-15-18(12-24(34)35)28-23(33)14-30-21-8-4-5-9-22(21)31(27(38)40-19-10-11-39-16-19)13-20(26(30)37)29-25(36)17-6-2-1-3-7-17/h1-9,15,18-20,25,29,36H,10-14,16H2,(H,28,33)(H,34,35)/t18-,19?,20-,25?/m0/s1. The monoisotopic (exact) mass is 554 g/mol. The molecule has 2 aromatic carbocycles. The van der Waals surface area contributed by atoms with Gasteiger partial charge in [-0.05, 0) is 17.7 Å². The van der Waals surface area contributed by atoms with Crippen LogP contribution in [0.3, 0.4) is 0 Å². The molecule has 2 unspecified atom stereocenters. The predicted octanol–water partition coefficient (Wildman–Crippen LogP) is 0.573. The molecule has 2 aliphatic rings. The van der Waals surface area contributed by atoms with Crippen LogP contribution in [0.5, 0.6) is 0 Å². The van der Waals surface area contributed by atoms with E-state index in [2.05, 4.69) is 10.6 Å². The Morgan fingerprint density at radius 2 is 1.80 bits per heavy atom. The normalized spacial score (nSPS) is 20.2. The van der Waals surface area contributed by atoms with E-state index < -0.39 is 61.3 Å². The van der Waals surface area contributed by atoms with Crippen LogP contribution in [-0.2, 0) is 28.7 Å². The van der Waals surface area contributed by atoms with Gasteiger partial charge in [-0.2, -0.15) is 0 Å². The van der Waals surface area contributed by atoms with Gasteiger partial charge >= 0.3 is 12.1 Å². The largest absolute Gasteiger partial charge is 0.481 e. The van der Waals surface area contributed by atoms with Gasteiger partial charge in [0.1, 0.15) is 31.2 Å². The molecule has 0 spiro atoms. The van der Waals surface area contributed by atoms with Crippen molar-refractivity contribution in [2.75, 3.05) is 36.1 Å². The van der Waals surface area contributed by atoms with Gasteiger partial charge in [-0.1, -0.05) is 42.5 Å². The van der Waals surface area contributed by atoms with Crippen LogP contribution in [0.25, 0.3) is 0 Å². The van der Waals surface area contributed by atoms with Gasteiger partial charge in [-0.25, -0.2) is 4.79 Å². The lowest BCUT2D eigenvalue weighted by atomic mass is 10.1. The summed E-state index contributed by atoms with van der Waals surface area (Å²) in [6, 6.07) is 12.5. The van der Waals surface area contributed by atoms with E-state index in [9.17, 15) is 29.1 Å². The number of carbonyl (C=O) groups excluding carboxylic acids is 4. The summed E-state index contributed by atoms with van der Waals surface area (Å²) in [5.41, 5.74) is 0.964. The molecule has 0 bridgehead atoms. The number of aldehydes is 1. The summed E-state index contributed by atoms with van der Waals surface area (Å²) in [5, 5.41) is 25.0. The Kier molecular flexibility index (Phi) is 9.43. The number of anilines is 2. The van der Waals surface area contributed by atoms with Crippen LogP contribution in [0, 0.1) is 0 Å². The molecule has 2 aliphatic heterocycles.